The molecule has 1 aromatic heterocycles. The van der Waals surface area contributed by atoms with E-state index in [0.29, 0.717) is 5.69 Å². The Bertz CT molecular complexity index is 1220. The van der Waals surface area contributed by atoms with E-state index in [1.165, 1.54) is 6.08 Å². The highest BCUT2D eigenvalue weighted by molar-refractivity contribution is 6.03. The van der Waals surface area contributed by atoms with Crippen molar-refractivity contribution in [1.29, 1.82) is 0 Å². The van der Waals surface area contributed by atoms with E-state index in [2.05, 4.69) is 10.3 Å². The first-order valence-corrected chi connectivity index (χ1v) is 9.17. The normalized spacial score (nSPS) is 11.0. The van der Waals surface area contributed by atoms with Crippen LogP contribution in [-0.4, -0.2) is 23.5 Å². The second-order valence-electron chi connectivity index (χ2n) is 6.44. The van der Waals surface area contributed by atoms with Gasteiger partial charge in [0.15, 0.2) is 6.61 Å². The lowest BCUT2D eigenvalue weighted by Crippen LogP contribution is -2.20. The number of esters is 1. The molecule has 4 rings (SSSR count). The molecule has 5 nitrogen and oxygen atoms in total. The van der Waals surface area contributed by atoms with Crippen LogP contribution in [0.1, 0.15) is 5.56 Å². The van der Waals surface area contributed by atoms with Gasteiger partial charge in [-0.25, -0.2) is 4.79 Å². The maximum Gasteiger partial charge on any atom is 0.331 e. The number of hydrogen-bond acceptors (Lipinski definition) is 4. The third kappa shape index (κ3) is 4.30. The summed E-state index contributed by atoms with van der Waals surface area (Å²) in [6.45, 7) is -0.361. The molecule has 0 saturated heterocycles. The number of para-hydroxylation sites is 1. The number of carbonyl (C=O) groups excluding carboxylic acids is 2. The number of pyridine rings is 1. The fraction of sp³-hybridized carbons (Fsp3) is 0.0417. The van der Waals surface area contributed by atoms with Crippen molar-refractivity contribution in [3.8, 4) is 0 Å². The lowest BCUT2D eigenvalue weighted by molar-refractivity contribution is -0.142. The van der Waals surface area contributed by atoms with Crippen molar-refractivity contribution in [2.45, 2.75) is 0 Å². The third-order valence-electron chi connectivity index (χ3n) is 4.47. The Morgan fingerprint density at radius 1 is 0.897 bits per heavy atom. The van der Waals surface area contributed by atoms with Gasteiger partial charge in [-0.1, -0.05) is 60.7 Å². The molecule has 29 heavy (non-hydrogen) atoms. The second-order valence-corrected chi connectivity index (χ2v) is 6.44. The minimum atomic E-state index is -0.592. The molecule has 0 aliphatic carbocycles. The SMILES string of the molecule is O=C(COC(=O)/C=C/c1cccc2cccnc12)Nc1cccc2ccccc12. The van der Waals surface area contributed by atoms with Gasteiger partial charge in [-0.15, -0.1) is 0 Å². The Morgan fingerprint density at radius 2 is 1.66 bits per heavy atom. The Balaban J connectivity index is 1.38. The van der Waals surface area contributed by atoms with Gasteiger partial charge in [0.25, 0.3) is 5.91 Å². The Kier molecular flexibility index (Phi) is 5.29. The molecular formula is C24H18N2O3. The number of fused-ring (bicyclic) bond motifs is 2. The predicted molar refractivity (Wildman–Crippen MR) is 114 cm³/mol. The fourth-order valence-corrected chi connectivity index (χ4v) is 3.13. The van der Waals surface area contributed by atoms with Crippen LogP contribution in [0.4, 0.5) is 5.69 Å². The summed E-state index contributed by atoms with van der Waals surface area (Å²) in [5.74, 6) is -0.985. The van der Waals surface area contributed by atoms with Gasteiger partial charge in [0, 0.05) is 34.3 Å². The smallest absolute Gasteiger partial charge is 0.331 e. The maximum absolute atomic E-state index is 12.2. The van der Waals surface area contributed by atoms with Crippen molar-refractivity contribution in [1.82, 2.24) is 4.98 Å². The monoisotopic (exact) mass is 382 g/mol. The quantitative estimate of drug-likeness (QED) is 0.405. The van der Waals surface area contributed by atoms with Crippen molar-refractivity contribution >= 4 is 45.3 Å². The number of amides is 1. The number of benzene rings is 3. The van der Waals surface area contributed by atoms with E-state index in [1.54, 1.807) is 12.3 Å². The van der Waals surface area contributed by atoms with Gasteiger partial charge >= 0.3 is 5.97 Å². The summed E-state index contributed by atoms with van der Waals surface area (Å²) < 4.78 is 5.06. The molecule has 1 heterocycles. The molecule has 0 saturated carbocycles. The first-order chi connectivity index (χ1) is 14.2. The maximum atomic E-state index is 12.2. The predicted octanol–water partition coefficient (Wildman–Crippen LogP) is 4.58. The zero-order valence-corrected chi connectivity index (χ0v) is 15.5. The van der Waals surface area contributed by atoms with Crippen LogP contribution >= 0.6 is 0 Å². The van der Waals surface area contributed by atoms with Crippen LogP contribution in [0, 0.1) is 0 Å². The van der Waals surface area contributed by atoms with Gasteiger partial charge in [-0.05, 0) is 23.6 Å². The molecule has 142 valence electrons. The largest absolute Gasteiger partial charge is 0.452 e. The van der Waals surface area contributed by atoms with Gasteiger partial charge in [-0.3, -0.25) is 9.78 Å². The zero-order chi connectivity index (χ0) is 20.1. The third-order valence-corrected chi connectivity index (χ3v) is 4.47. The second kappa shape index (κ2) is 8.35. The topological polar surface area (TPSA) is 68.3 Å². The fourth-order valence-electron chi connectivity index (χ4n) is 3.13. The highest BCUT2D eigenvalue weighted by atomic mass is 16.5. The number of nitrogens with one attached hydrogen (secondary N) is 1. The standard InChI is InChI=1S/C24H18N2O3/c27-22(26-21-12-4-7-17-6-1-2-11-20(17)21)16-29-23(28)14-13-19-9-3-8-18-10-5-15-25-24(18)19/h1-15H,16H2,(H,26,27)/b14-13+. The van der Waals surface area contributed by atoms with E-state index in [0.717, 1.165) is 27.2 Å². The summed E-state index contributed by atoms with van der Waals surface area (Å²) in [5.41, 5.74) is 2.29. The first-order valence-electron chi connectivity index (χ1n) is 9.17. The summed E-state index contributed by atoms with van der Waals surface area (Å²) in [4.78, 5) is 28.5. The van der Waals surface area contributed by atoms with E-state index in [9.17, 15) is 9.59 Å². The number of hydrogen-bond donors (Lipinski definition) is 1. The Hall–Kier alpha value is -3.99. The van der Waals surface area contributed by atoms with Crippen molar-refractivity contribution in [2.24, 2.45) is 0 Å². The molecule has 4 aromatic rings. The van der Waals surface area contributed by atoms with Crippen LogP contribution in [0.5, 0.6) is 0 Å². The summed E-state index contributed by atoms with van der Waals surface area (Å²) >= 11 is 0. The highest BCUT2D eigenvalue weighted by Gasteiger charge is 2.08. The van der Waals surface area contributed by atoms with E-state index in [1.807, 2.05) is 72.8 Å². The van der Waals surface area contributed by atoms with Gasteiger partial charge in [0.05, 0.1) is 5.52 Å². The molecule has 3 aromatic carbocycles. The Morgan fingerprint density at radius 3 is 2.59 bits per heavy atom. The van der Waals surface area contributed by atoms with Crippen molar-refractivity contribution in [2.75, 3.05) is 11.9 Å². The summed E-state index contributed by atoms with van der Waals surface area (Å²) in [7, 11) is 0. The van der Waals surface area contributed by atoms with Gasteiger partial charge in [0.2, 0.25) is 0 Å². The number of nitrogens with zero attached hydrogens (tertiary/aromatic N) is 1. The number of anilines is 1. The van der Waals surface area contributed by atoms with Crippen molar-refractivity contribution in [3.05, 3.63) is 90.6 Å². The minimum absolute atomic E-state index is 0.361. The molecule has 0 aliphatic heterocycles. The number of carbonyl (C=O) groups is 2. The van der Waals surface area contributed by atoms with E-state index < -0.39 is 11.9 Å². The van der Waals surface area contributed by atoms with Crippen LogP contribution < -0.4 is 5.32 Å². The molecule has 0 radical (unpaired) electrons. The number of rotatable bonds is 5. The van der Waals surface area contributed by atoms with Gasteiger partial charge < -0.3 is 10.1 Å². The van der Waals surface area contributed by atoms with Crippen LogP contribution in [0.25, 0.3) is 27.8 Å². The van der Waals surface area contributed by atoms with Crippen LogP contribution in [0.15, 0.2) is 85.1 Å². The lowest BCUT2D eigenvalue weighted by atomic mass is 10.1. The molecule has 1 amide bonds. The molecular weight excluding hydrogens is 364 g/mol. The molecule has 0 fully saturated rings. The molecule has 0 bridgehead atoms. The molecule has 0 atom stereocenters. The number of aromatic nitrogens is 1. The highest BCUT2D eigenvalue weighted by Crippen LogP contribution is 2.22. The number of ether oxygens (including phenoxy) is 1. The van der Waals surface area contributed by atoms with Gasteiger partial charge in [-0.2, -0.15) is 0 Å². The van der Waals surface area contributed by atoms with Crippen LogP contribution in [0.3, 0.4) is 0 Å². The van der Waals surface area contributed by atoms with Crippen molar-refractivity contribution in [3.63, 3.8) is 0 Å². The van der Waals surface area contributed by atoms with Crippen LogP contribution in [0.2, 0.25) is 0 Å². The van der Waals surface area contributed by atoms with Gasteiger partial charge in [0.1, 0.15) is 0 Å². The molecule has 0 unspecified atom stereocenters. The zero-order valence-electron chi connectivity index (χ0n) is 15.5. The summed E-state index contributed by atoms with van der Waals surface area (Å²) in [6.07, 6.45) is 4.64. The molecule has 0 spiro atoms. The van der Waals surface area contributed by atoms with E-state index >= 15 is 0 Å². The van der Waals surface area contributed by atoms with E-state index in [-0.39, 0.29) is 6.61 Å². The Labute approximate surface area is 167 Å². The lowest BCUT2D eigenvalue weighted by Gasteiger charge is -2.08. The average molecular weight is 382 g/mol. The molecule has 1 N–H and O–H groups in total. The average Bonchev–Trinajstić information content (AvgIpc) is 2.76. The minimum Gasteiger partial charge on any atom is -0.452 e. The van der Waals surface area contributed by atoms with E-state index in [4.69, 9.17) is 4.74 Å². The van der Waals surface area contributed by atoms with Crippen LogP contribution in [-0.2, 0) is 14.3 Å². The first kappa shape index (κ1) is 18.4. The molecule has 0 aliphatic rings. The summed E-state index contributed by atoms with van der Waals surface area (Å²) in [5, 5.41) is 5.72. The molecule has 5 heteroatoms. The summed E-state index contributed by atoms with van der Waals surface area (Å²) in [6, 6.07) is 22.9. The van der Waals surface area contributed by atoms with Crippen molar-refractivity contribution < 1.29 is 14.3 Å².